The standard InChI is InChI=1S/C11H17NO4/c13-5-10-3-9(7-16-10)11(14)12-4-8-1-2-15-6-8/h7-8,10,13H,1-6H2,(H,12,14). The van der Waals surface area contributed by atoms with E-state index in [2.05, 4.69) is 5.32 Å². The zero-order chi connectivity index (χ0) is 11.4. The minimum atomic E-state index is -0.254. The normalized spacial score (nSPS) is 28.7. The summed E-state index contributed by atoms with van der Waals surface area (Å²) in [6.07, 6.45) is 2.69. The maximum atomic E-state index is 11.7. The first-order valence-electron chi connectivity index (χ1n) is 5.61. The highest BCUT2D eigenvalue weighted by atomic mass is 16.5. The van der Waals surface area contributed by atoms with Gasteiger partial charge in [0.2, 0.25) is 5.91 Å². The summed E-state index contributed by atoms with van der Waals surface area (Å²) < 4.78 is 10.3. The lowest BCUT2D eigenvalue weighted by Gasteiger charge is -2.09. The van der Waals surface area contributed by atoms with E-state index in [1.807, 2.05) is 0 Å². The first kappa shape index (κ1) is 11.4. The SMILES string of the molecule is O=C(NCC1CCOC1)C1=COC(CO)C1. The minimum absolute atomic E-state index is 0.0518. The molecule has 2 atom stereocenters. The van der Waals surface area contributed by atoms with Gasteiger partial charge in [-0.25, -0.2) is 0 Å². The van der Waals surface area contributed by atoms with Crippen molar-refractivity contribution in [2.75, 3.05) is 26.4 Å². The van der Waals surface area contributed by atoms with Crippen LogP contribution in [0.2, 0.25) is 0 Å². The molecule has 2 N–H and O–H groups in total. The van der Waals surface area contributed by atoms with Crippen molar-refractivity contribution in [1.82, 2.24) is 5.32 Å². The number of rotatable bonds is 4. The highest BCUT2D eigenvalue weighted by Gasteiger charge is 2.23. The Kier molecular flexibility index (Phi) is 3.79. The van der Waals surface area contributed by atoms with Gasteiger partial charge in [-0.3, -0.25) is 4.79 Å². The van der Waals surface area contributed by atoms with Crippen LogP contribution in [0.15, 0.2) is 11.8 Å². The van der Waals surface area contributed by atoms with E-state index in [1.165, 1.54) is 6.26 Å². The molecule has 2 aliphatic rings. The van der Waals surface area contributed by atoms with E-state index in [-0.39, 0.29) is 18.6 Å². The van der Waals surface area contributed by atoms with Gasteiger partial charge in [0.15, 0.2) is 0 Å². The Morgan fingerprint density at radius 3 is 3.12 bits per heavy atom. The van der Waals surface area contributed by atoms with Crippen LogP contribution >= 0.6 is 0 Å². The number of aliphatic hydroxyl groups excluding tert-OH is 1. The second-order valence-corrected chi connectivity index (χ2v) is 4.23. The molecule has 2 aliphatic heterocycles. The highest BCUT2D eigenvalue weighted by molar-refractivity contribution is 5.93. The van der Waals surface area contributed by atoms with Crippen LogP contribution in [0.4, 0.5) is 0 Å². The van der Waals surface area contributed by atoms with Crippen LogP contribution in [0.3, 0.4) is 0 Å². The fraction of sp³-hybridized carbons (Fsp3) is 0.727. The van der Waals surface area contributed by atoms with Gasteiger partial charge in [-0.2, -0.15) is 0 Å². The van der Waals surface area contributed by atoms with Gasteiger partial charge in [0.05, 0.1) is 25.0 Å². The number of hydrogen-bond donors (Lipinski definition) is 2. The Balaban J connectivity index is 1.71. The molecule has 5 heteroatoms. The Morgan fingerprint density at radius 1 is 1.62 bits per heavy atom. The van der Waals surface area contributed by atoms with Crippen LogP contribution in [0.1, 0.15) is 12.8 Å². The van der Waals surface area contributed by atoms with Crippen LogP contribution in [0, 0.1) is 5.92 Å². The second kappa shape index (κ2) is 5.32. The largest absolute Gasteiger partial charge is 0.495 e. The first-order chi connectivity index (χ1) is 7.79. The number of ether oxygens (including phenoxy) is 2. The number of carbonyl (C=O) groups is 1. The third-order valence-electron chi connectivity index (χ3n) is 2.92. The smallest absolute Gasteiger partial charge is 0.250 e. The van der Waals surface area contributed by atoms with Gasteiger partial charge in [-0.15, -0.1) is 0 Å². The molecule has 0 radical (unpaired) electrons. The lowest BCUT2D eigenvalue weighted by Crippen LogP contribution is -2.30. The maximum absolute atomic E-state index is 11.7. The zero-order valence-electron chi connectivity index (χ0n) is 9.15. The van der Waals surface area contributed by atoms with Gasteiger partial charge in [-0.1, -0.05) is 0 Å². The number of nitrogens with one attached hydrogen (secondary N) is 1. The van der Waals surface area contributed by atoms with Crippen molar-refractivity contribution in [3.8, 4) is 0 Å². The molecule has 2 rings (SSSR count). The molecule has 0 bridgehead atoms. The van der Waals surface area contributed by atoms with Gasteiger partial charge in [0, 0.05) is 25.5 Å². The molecular formula is C11H17NO4. The van der Waals surface area contributed by atoms with Crippen LogP contribution in [-0.2, 0) is 14.3 Å². The average molecular weight is 227 g/mol. The minimum Gasteiger partial charge on any atom is -0.495 e. The van der Waals surface area contributed by atoms with Crippen molar-refractivity contribution in [2.24, 2.45) is 5.92 Å². The Morgan fingerprint density at radius 2 is 2.50 bits per heavy atom. The van der Waals surface area contributed by atoms with Crippen LogP contribution in [0.25, 0.3) is 0 Å². The van der Waals surface area contributed by atoms with E-state index < -0.39 is 0 Å². The van der Waals surface area contributed by atoms with E-state index in [0.29, 0.717) is 24.5 Å². The Labute approximate surface area is 94.4 Å². The van der Waals surface area contributed by atoms with Crippen molar-refractivity contribution < 1.29 is 19.4 Å². The van der Waals surface area contributed by atoms with Gasteiger partial charge in [0.1, 0.15) is 6.10 Å². The molecule has 1 amide bonds. The van der Waals surface area contributed by atoms with Gasteiger partial charge >= 0.3 is 0 Å². The zero-order valence-corrected chi connectivity index (χ0v) is 9.15. The molecule has 0 aliphatic carbocycles. The quantitative estimate of drug-likeness (QED) is 0.698. The molecule has 5 nitrogen and oxygen atoms in total. The molecule has 0 saturated carbocycles. The number of hydrogen-bond acceptors (Lipinski definition) is 4. The van der Waals surface area contributed by atoms with Crippen LogP contribution in [-0.4, -0.2) is 43.5 Å². The number of carbonyl (C=O) groups excluding carboxylic acids is 1. The molecule has 2 unspecified atom stereocenters. The predicted molar refractivity (Wildman–Crippen MR) is 56.6 cm³/mol. The van der Waals surface area contributed by atoms with Gasteiger partial charge in [0.25, 0.3) is 0 Å². The molecule has 0 spiro atoms. The Hall–Kier alpha value is -1.07. The van der Waals surface area contributed by atoms with Crippen molar-refractivity contribution in [1.29, 1.82) is 0 Å². The summed E-state index contributed by atoms with van der Waals surface area (Å²) in [5.41, 5.74) is 0.609. The molecule has 16 heavy (non-hydrogen) atoms. The van der Waals surface area contributed by atoms with Gasteiger partial charge < -0.3 is 19.9 Å². The third kappa shape index (κ3) is 2.74. The van der Waals surface area contributed by atoms with Crippen molar-refractivity contribution >= 4 is 5.91 Å². The summed E-state index contributed by atoms with van der Waals surface area (Å²) in [6.45, 7) is 2.12. The van der Waals surface area contributed by atoms with Crippen molar-refractivity contribution in [2.45, 2.75) is 18.9 Å². The molecule has 0 aromatic heterocycles. The van der Waals surface area contributed by atoms with Crippen molar-refractivity contribution in [3.63, 3.8) is 0 Å². The summed E-state index contributed by atoms with van der Waals surface area (Å²) >= 11 is 0. The molecular weight excluding hydrogens is 210 g/mol. The molecule has 0 aromatic rings. The molecule has 2 heterocycles. The fourth-order valence-electron chi connectivity index (χ4n) is 1.87. The molecule has 1 fully saturated rings. The Bertz CT molecular complexity index is 284. The van der Waals surface area contributed by atoms with Crippen molar-refractivity contribution in [3.05, 3.63) is 11.8 Å². The predicted octanol–water partition coefficient (Wildman–Crippen LogP) is -0.196. The second-order valence-electron chi connectivity index (χ2n) is 4.23. The topological polar surface area (TPSA) is 67.8 Å². The molecule has 90 valence electrons. The highest BCUT2D eigenvalue weighted by Crippen LogP contribution is 2.18. The summed E-state index contributed by atoms with van der Waals surface area (Å²) in [5, 5.41) is 11.7. The van der Waals surface area contributed by atoms with E-state index in [9.17, 15) is 4.79 Å². The number of aliphatic hydroxyl groups is 1. The van der Waals surface area contributed by atoms with E-state index in [0.717, 1.165) is 19.6 Å². The molecule has 1 saturated heterocycles. The average Bonchev–Trinajstić information content (AvgIpc) is 2.96. The first-order valence-corrected chi connectivity index (χ1v) is 5.61. The molecule has 0 aromatic carbocycles. The van der Waals surface area contributed by atoms with Crippen LogP contribution in [0.5, 0.6) is 0 Å². The monoisotopic (exact) mass is 227 g/mol. The van der Waals surface area contributed by atoms with Gasteiger partial charge in [-0.05, 0) is 6.42 Å². The lowest BCUT2D eigenvalue weighted by atomic mass is 10.1. The van der Waals surface area contributed by atoms with E-state index in [4.69, 9.17) is 14.6 Å². The fourth-order valence-corrected chi connectivity index (χ4v) is 1.87. The van der Waals surface area contributed by atoms with E-state index in [1.54, 1.807) is 0 Å². The van der Waals surface area contributed by atoms with Crippen LogP contribution < -0.4 is 5.32 Å². The third-order valence-corrected chi connectivity index (χ3v) is 2.92. The summed E-state index contributed by atoms with van der Waals surface area (Å²) in [5.74, 6) is 0.336. The lowest BCUT2D eigenvalue weighted by molar-refractivity contribution is -0.117. The summed E-state index contributed by atoms with van der Waals surface area (Å²) in [6, 6.07) is 0. The summed E-state index contributed by atoms with van der Waals surface area (Å²) in [4.78, 5) is 11.7. The summed E-state index contributed by atoms with van der Waals surface area (Å²) in [7, 11) is 0. The van der Waals surface area contributed by atoms with E-state index >= 15 is 0 Å². The number of amides is 1. The maximum Gasteiger partial charge on any atom is 0.250 e.